The zero-order chi connectivity index (χ0) is 14.9. The van der Waals surface area contributed by atoms with Crippen LogP contribution in [0.3, 0.4) is 0 Å². The van der Waals surface area contributed by atoms with Crippen LogP contribution in [-0.2, 0) is 6.42 Å². The van der Waals surface area contributed by atoms with E-state index in [1.807, 2.05) is 0 Å². The standard InChI is InChI=1S/C12H9BrFN3O3/c13-7-4-6(14)2-1-5(7)3-8-16-9(11(15)19)10(18)12(20)17-8/h1-2,4,18H,3H2,(H2,15,19)(H,16,17,20). The number of aromatic amines is 1. The second-order valence-corrected chi connectivity index (χ2v) is 4.84. The number of carbonyl (C=O) groups excluding carboxylic acids is 1. The number of benzene rings is 1. The van der Waals surface area contributed by atoms with E-state index >= 15 is 0 Å². The molecule has 1 aromatic carbocycles. The van der Waals surface area contributed by atoms with Crippen molar-refractivity contribution in [1.29, 1.82) is 0 Å². The lowest BCUT2D eigenvalue weighted by Crippen LogP contribution is -2.21. The summed E-state index contributed by atoms with van der Waals surface area (Å²) >= 11 is 3.18. The van der Waals surface area contributed by atoms with Crippen molar-refractivity contribution in [3.8, 4) is 5.75 Å². The van der Waals surface area contributed by atoms with Crippen molar-refractivity contribution in [3.63, 3.8) is 0 Å². The van der Waals surface area contributed by atoms with Gasteiger partial charge in [0.1, 0.15) is 11.6 Å². The van der Waals surface area contributed by atoms with Crippen molar-refractivity contribution >= 4 is 21.8 Å². The van der Waals surface area contributed by atoms with Gasteiger partial charge in [0.2, 0.25) is 5.75 Å². The summed E-state index contributed by atoms with van der Waals surface area (Å²) in [6.07, 6.45) is 0.136. The quantitative estimate of drug-likeness (QED) is 0.775. The highest BCUT2D eigenvalue weighted by molar-refractivity contribution is 9.10. The van der Waals surface area contributed by atoms with Crippen LogP contribution in [0.2, 0.25) is 0 Å². The summed E-state index contributed by atoms with van der Waals surface area (Å²) in [5, 5.41) is 9.38. The van der Waals surface area contributed by atoms with Crippen LogP contribution in [-0.4, -0.2) is 21.0 Å². The molecule has 2 aromatic rings. The third-order valence-electron chi connectivity index (χ3n) is 2.55. The van der Waals surface area contributed by atoms with E-state index in [4.69, 9.17) is 5.73 Å². The Morgan fingerprint density at radius 1 is 1.50 bits per heavy atom. The molecule has 0 saturated heterocycles. The first-order chi connectivity index (χ1) is 9.38. The maximum atomic E-state index is 13.0. The Balaban J connectivity index is 2.44. The third-order valence-corrected chi connectivity index (χ3v) is 3.29. The Morgan fingerprint density at radius 3 is 2.80 bits per heavy atom. The van der Waals surface area contributed by atoms with E-state index in [-0.39, 0.29) is 12.2 Å². The minimum absolute atomic E-state index is 0.133. The van der Waals surface area contributed by atoms with Crippen LogP contribution in [0.4, 0.5) is 4.39 Å². The van der Waals surface area contributed by atoms with Crippen molar-refractivity contribution in [2.75, 3.05) is 0 Å². The van der Waals surface area contributed by atoms with Crippen LogP contribution in [0.1, 0.15) is 21.9 Å². The summed E-state index contributed by atoms with van der Waals surface area (Å²) in [6.45, 7) is 0. The number of hydrogen-bond acceptors (Lipinski definition) is 4. The Bertz CT molecular complexity index is 745. The molecule has 1 heterocycles. The number of nitrogens with zero attached hydrogens (tertiary/aromatic N) is 1. The number of nitrogens with one attached hydrogen (secondary N) is 1. The Labute approximate surface area is 120 Å². The van der Waals surface area contributed by atoms with Crippen molar-refractivity contribution in [2.45, 2.75) is 6.42 Å². The van der Waals surface area contributed by atoms with Crippen LogP contribution < -0.4 is 11.3 Å². The molecule has 0 fully saturated rings. The highest BCUT2D eigenvalue weighted by atomic mass is 79.9. The van der Waals surface area contributed by atoms with Gasteiger partial charge in [-0.1, -0.05) is 22.0 Å². The molecule has 0 bridgehead atoms. The molecule has 0 atom stereocenters. The number of H-pyrrole nitrogens is 1. The molecule has 0 aliphatic heterocycles. The predicted octanol–water partition coefficient (Wildman–Crippen LogP) is 1.07. The molecule has 0 radical (unpaired) electrons. The van der Waals surface area contributed by atoms with E-state index in [1.54, 1.807) is 0 Å². The van der Waals surface area contributed by atoms with Crippen LogP contribution in [0.15, 0.2) is 27.5 Å². The van der Waals surface area contributed by atoms with Crippen LogP contribution in [0, 0.1) is 5.82 Å². The fraction of sp³-hybridized carbons (Fsp3) is 0.0833. The lowest BCUT2D eigenvalue weighted by atomic mass is 10.1. The van der Waals surface area contributed by atoms with Gasteiger partial charge in [0, 0.05) is 10.9 Å². The molecule has 0 aliphatic carbocycles. The summed E-state index contributed by atoms with van der Waals surface area (Å²) in [5.41, 5.74) is 4.31. The van der Waals surface area contributed by atoms with E-state index in [2.05, 4.69) is 25.9 Å². The van der Waals surface area contributed by atoms with Crippen LogP contribution in [0.25, 0.3) is 0 Å². The van der Waals surface area contributed by atoms with Gasteiger partial charge in [-0.05, 0) is 17.7 Å². The first kappa shape index (κ1) is 14.2. The molecule has 4 N–H and O–H groups in total. The molecular weight excluding hydrogens is 333 g/mol. The molecule has 0 spiro atoms. The fourth-order valence-electron chi connectivity index (χ4n) is 1.61. The largest absolute Gasteiger partial charge is 0.501 e. The molecule has 0 saturated carbocycles. The summed E-state index contributed by atoms with van der Waals surface area (Å²) in [4.78, 5) is 28.7. The van der Waals surface area contributed by atoms with E-state index in [0.717, 1.165) is 0 Å². The number of amides is 1. The molecule has 1 aromatic heterocycles. The number of halogens is 2. The van der Waals surface area contributed by atoms with Gasteiger partial charge in [0.15, 0.2) is 5.69 Å². The van der Waals surface area contributed by atoms with Crippen LogP contribution in [0.5, 0.6) is 5.75 Å². The van der Waals surface area contributed by atoms with E-state index in [1.165, 1.54) is 18.2 Å². The van der Waals surface area contributed by atoms with Gasteiger partial charge in [0.25, 0.3) is 11.5 Å². The number of primary amides is 1. The molecular formula is C12H9BrFN3O3. The molecule has 0 unspecified atom stereocenters. The summed E-state index contributed by atoms with van der Waals surface area (Å²) in [7, 11) is 0. The molecule has 104 valence electrons. The Morgan fingerprint density at radius 2 is 2.20 bits per heavy atom. The number of carbonyl (C=O) groups is 1. The van der Waals surface area contributed by atoms with Crippen molar-refractivity contribution in [3.05, 3.63) is 55.9 Å². The van der Waals surface area contributed by atoms with Crippen molar-refractivity contribution < 1.29 is 14.3 Å². The molecule has 1 amide bonds. The van der Waals surface area contributed by atoms with Gasteiger partial charge < -0.3 is 15.8 Å². The monoisotopic (exact) mass is 341 g/mol. The highest BCUT2D eigenvalue weighted by Gasteiger charge is 2.15. The summed E-state index contributed by atoms with van der Waals surface area (Å²) in [5.74, 6) is -2.10. The maximum Gasteiger partial charge on any atom is 0.293 e. The number of hydrogen-bond donors (Lipinski definition) is 3. The predicted molar refractivity (Wildman–Crippen MR) is 71.9 cm³/mol. The molecule has 20 heavy (non-hydrogen) atoms. The normalized spacial score (nSPS) is 10.5. The van der Waals surface area contributed by atoms with Gasteiger partial charge >= 0.3 is 0 Å². The van der Waals surface area contributed by atoms with Gasteiger partial charge in [-0.2, -0.15) is 0 Å². The second-order valence-electron chi connectivity index (χ2n) is 3.99. The molecule has 6 nitrogen and oxygen atoms in total. The molecule has 2 rings (SSSR count). The van der Waals surface area contributed by atoms with Gasteiger partial charge in [-0.25, -0.2) is 9.37 Å². The lowest BCUT2D eigenvalue weighted by molar-refractivity contribution is 0.0992. The minimum Gasteiger partial charge on any atom is -0.501 e. The molecule has 0 aliphatic rings. The SMILES string of the molecule is NC(=O)c1nc(Cc2ccc(F)cc2Br)[nH]c(=O)c1O. The van der Waals surface area contributed by atoms with Crippen molar-refractivity contribution in [2.24, 2.45) is 5.73 Å². The fourth-order valence-corrected chi connectivity index (χ4v) is 2.11. The zero-order valence-electron chi connectivity index (χ0n) is 9.98. The van der Waals surface area contributed by atoms with Gasteiger partial charge in [-0.15, -0.1) is 0 Å². The third kappa shape index (κ3) is 2.85. The average molecular weight is 342 g/mol. The first-order valence-electron chi connectivity index (χ1n) is 5.44. The summed E-state index contributed by atoms with van der Waals surface area (Å²) in [6, 6.07) is 4.03. The average Bonchev–Trinajstić information content (AvgIpc) is 2.36. The number of rotatable bonds is 3. The van der Waals surface area contributed by atoms with Crippen molar-refractivity contribution in [1.82, 2.24) is 9.97 Å². The van der Waals surface area contributed by atoms with Gasteiger partial charge in [-0.3, -0.25) is 9.59 Å². The Hall–Kier alpha value is -2.22. The van der Waals surface area contributed by atoms with Crippen LogP contribution >= 0.6 is 15.9 Å². The van der Waals surface area contributed by atoms with E-state index < -0.39 is 28.7 Å². The van der Waals surface area contributed by atoms with Gasteiger partial charge in [0.05, 0.1) is 0 Å². The summed E-state index contributed by atoms with van der Waals surface area (Å²) < 4.78 is 13.5. The van der Waals surface area contributed by atoms with E-state index in [0.29, 0.717) is 10.0 Å². The maximum absolute atomic E-state index is 13.0. The Kier molecular flexibility index (Phi) is 3.84. The second kappa shape index (κ2) is 5.41. The first-order valence-corrected chi connectivity index (χ1v) is 6.23. The number of aromatic hydroxyl groups is 1. The minimum atomic E-state index is -1.01. The highest BCUT2D eigenvalue weighted by Crippen LogP contribution is 2.20. The number of nitrogens with two attached hydrogens (primary N) is 1. The topological polar surface area (TPSA) is 109 Å². The number of aromatic nitrogens is 2. The smallest absolute Gasteiger partial charge is 0.293 e. The molecule has 8 heteroatoms. The van der Waals surface area contributed by atoms with E-state index in [9.17, 15) is 19.1 Å². The zero-order valence-corrected chi connectivity index (χ0v) is 11.6. The lowest BCUT2D eigenvalue weighted by Gasteiger charge is -2.06.